The minimum atomic E-state index is -0.203. The highest BCUT2D eigenvalue weighted by Gasteiger charge is 2.26. The number of fused-ring (bicyclic) bond motifs is 2. The molecule has 3 aromatic rings. The molecular formula is C28H34N6O3. The number of hydrogen-bond donors (Lipinski definition) is 2. The van der Waals surface area contributed by atoms with Crippen molar-refractivity contribution < 1.29 is 15.7 Å². The average molecular weight is 503 g/mol. The molecule has 1 amide bonds. The molecular weight excluding hydrogens is 468 g/mol. The van der Waals surface area contributed by atoms with Crippen molar-refractivity contribution in [1.82, 2.24) is 15.7 Å². The van der Waals surface area contributed by atoms with Crippen LogP contribution in [0.4, 0.5) is 11.4 Å². The summed E-state index contributed by atoms with van der Waals surface area (Å²) >= 11 is 0. The number of benzene rings is 2. The SMILES string of the molecule is CC.O=C(NN1CCOc2ccccc21)c1cnc2c(C3=CNC=NC3)cccc2c1N1CCOCC1.[HH]. The molecule has 9 heteroatoms. The first kappa shape index (κ1) is 24.6. The summed E-state index contributed by atoms with van der Waals surface area (Å²) in [5.41, 5.74) is 8.27. The number of hydrogen-bond acceptors (Lipinski definition) is 8. The predicted octanol–water partition coefficient (Wildman–Crippen LogP) is 3.86. The number of anilines is 2. The van der Waals surface area contributed by atoms with Crippen LogP contribution in [0.3, 0.4) is 0 Å². The quantitative estimate of drug-likeness (QED) is 0.560. The van der Waals surface area contributed by atoms with Gasteiger partial charge in [0.2, 0.25) is 0 Å². The van der Waals surface area contributed by atoms with E-state index < -0.39 is 0 Å². The van der Waals surface area contributed by atoms with Crippen molar-refractivity contribution in [3.63, 3.8) is 0 Å². The Balaban J connectivity index is 0.00000110. The maximum Gasteiger partial charge on any atom is 0.273 e. The van der Waals surface area contributed by atoms with E-state index in [-0.39, 0.29) is 7.33 Å². The monoisotopic (exact) mass is 502 g/mol. The fourth-order valence-corrected chi connectivity index (χ4v) is 4.77. The molecule has 4 heterocycles. The molecule has 0 atom stereocenters. The second kappa shape index (κ2) is 11.3. The first-order valence-corrected chi connectivity index (χ1v) is 12.8. The Morgan fingerprint density at radius 3 is 2.70 bits per heavy atom. The van der Waals surface area contributed by atoms with Gasteiger partial charge in [-0.15, -0.1) is 0 Å². The maximum atomic E-state index is 13.7. The molecule has 0 spiro atoms. The van der Waals surface area contributed by atoms with Crippen molar-refractivity contribution in [1.29, 1.82) is 0 Å². The minimum Gasteiger partial charge on any atom is -0.489 e. The molecule has 3 aliphatic heterocycles. The van der Waals surface area contributed by atoms with Crippen LogP contribution in [0.1, 0.15) is 31.2 Å². The van der Waals surface area contributed by atoms with Crippen LogP contribution in [0, 0.1) is 0 Å². The van der Waals surface area contributed by atoms with E-state index in [2.05, 4.69) is 26.7 Å². The van der Waals surface area contributed by atoms with Gasteiger partial charge in [0.05, 0.1) is 55.1 Å². The van der Waals surface area contributed by atoms with Gasteiger partial charge in [0.15, 0.2) is 0 Å². The molecule has 6 rings (SSSR count). The number of nitrogens with one attached hydrogen (secondary N) is 2. The lowest BCUT2D eigenvalue weighted by Gasteiger charge is -2.33. The second-order valence-corrected chi connectivity index (χ2v) is 8.54. The molecule has 2 aromatic carbocycles. The number of nitrogens with zero attached hydrogens (tertiary/aromatic N) is 4. The summed E-state index contributed by atoms with van der Waals surface area (Å²) in [4.78, 5) is 25.0. The molecule has 1 aromatic heterocycles. The zero-order valence-corrected chi connectivity index (χ0v) is 21.2. The smallest absolute Gasteiger partial charge is 0.273 e. The summed E-state index contributed by atoms with van der Waals surface area (Å²) in [6.07, 6.45) is 5.33. The van der Waals surface area contributed by atoms with E-state index in [0.29, 0.717) is 51.6 Å². The van der Waals surface area contributed by atoms with E-state index in [0.717, 1.165) is 39.2 Å². The largest absolute Gasteiger partial charge is 0.489 e. The molecule has 194 valence electrons. The Bertz CT molecular complexity index is 1340. The van der Waals surface area contributed by atoms with Crippen LogP contribution in [0.5, 0.6) is 5.75 Å². The Labute approximate surface area is 218 Å². The average Bonchev–Trinajstić information content (AvgIpc) is 2.98. The Morgan fingerprint density at radius 2 is 1.89 bits per heavy atom. The number of para-hydroxylation sites is 3. The fourth-order valence-electron chi connectivity index (χ4n) is 4.77. The summed E-state index contributed by atoms with van der Waals surface area (Å²) < 4.78 is 11.3. The van der Waals surface area contributed by atoms with Gasteiger partial charge < -0.3 is 19.7 Å². The molecule has 0 unspecified atom stereocenters. The van der Waals surface area contributed by atoms with Gasteiger partial charge in [-0.2, -0.15) is 0 Å². The van der Waals surface area contributed by atoms with Gasteiger partial charge in [-0.3, -0.25) is 25.2 Å². The van der Waals surface area contributed by atoms with Crippen molar-refractivity contribution in [2.75, 3.05) is 55.9 Å². The van der Waals surface area contributed by atoms with Crippen LogP contribution in [-0.2, 0) is 4.74 Å². The van der Waals surface area contributed by atoms with Gasteiger partial charge in [0.25, 0.3) is 5.91 Å². The zero-order chi connectivity index (χ0) is 25.6. The van der Waals surface area contributed by atoms with E-state index in [1.165, 1.54) is 0 Å². The molecule has 3 aliphatic rings. The molecule has 0 bridgehead atoms. The number of pyridine rings is 1. The summed E-state index contributed by atoms with van der Waals surface area (Å²) in [5, 5.41) is 5.86. The molecule has 0 saturated carbocycles. The van der Waals surface area contributed by atoms with E-state index in [1.807, 2.05) is 61.5 Å². The van der Waals surface area contributed by atoms with Gasteiger partial charge in [0, 0.05) is 37.9 Å². The van der Waals surface area contributed by atoms with Crippen LogP contribution >= 0.6 is 0 Å². The number of carbonyl (C=O) groups is 1. The Kier molecular flexibility index (Phi) is 7.51. The van der Waals surface area contributed by atoms with Gasteiger partial charge in [-0.1, -0.05) is 44.2 Å². The van der Waals surface area contributed by atoms with Crippen LogP contribution in [0.2, 0.25) is 0 Å². The third kappa shape index (κ3) is 4.95. The highest BCUT2D eigenvalue weighted by molar-refractivity contribution is 6.09. The topological polar surface area (TPSA) is 91.3 Å². The lowest BCUT2D eigenvalue weighted by Crippen LogP contribution is -2.47. The van der Waals surface area contributed by atoms with Crippen molar-refractivity contribution in [3.05, 3.63) is 66.0 Å². The number of carbonyl (C=O) groups excluding carboxylic acids is 1. The van der Waals surface area contributed by atoms with E-state index in [4.69, 9.17) is 14.5 Å². The highest BCUT2D eigenvalue weighted by Crippen LogP contribution is 2.35. The third-order valence-electron chi connectivity index (χ3n) is 6.44. The van der Waals surface area contributed by atoms with Gasteiger partial charge in [-0.25, -0.2) is 0 Å². The number of ether oxygens (including phenoxy) is 2. The molecule has 2 N–H and O–H groups in total. The maximum absolute atomic E-state index is 13.7. The number of morpholine rings is 1. The van der Waals surface area contributed by atoms with Crippen LogP contribution < -0.4 is 25.4 Å². The van der Waals surface area contributed by atoms with Gasteiger partial charge >= 0.3 is 0 Å². The van der Waals surface area contributed by atoms with E-state index in [1.54, 1.807) is 12.5 Å². The van der Waals surface area contributed by atoms with Crippen LogP contribution in [0.15, 0.2) is 59.9 Å². The lowest BCUT2D eigenvalue weighted by molar-refractivity contribution is 0.0943. The highest BCUT2D eigenvalue weighted by atomic mass is 16.5. The lowest BCUT2D eigenvalue weighted by atomic mass is 9.99. The minimum absolute atomic E-state index is 0. The normalized spacial score (nSPS) is 16.5. The first-order valence-electron chi connectivity index (χ1n) is 12.8. The number of rotatable bonds is 4. The molecule has 1 saturated heterocycles. The van der Waals surface area contributed by atoms with Crippen molar-refractivity contribution in [3.8, 4) is 5.75 Å². The van der Waals surface area contributed by atoms with E-state index in [9.17, 15) is 4.79 Å². The molecule has 0 radical (unpaired) electrons. The van der Waals surface area contributed by atoms with Gasteiger partial charge in [0.1, 0.15) is 12.4 Å². The van der Waals surface area contributed by atoms with Crippen molar-refractivity contribution in [2.45, 2.75) is 13.8 Å². The fraction of sp³-hybridized carbons (Fsp3) is 0.321. The number of aliphatic imine (C=N–C) groups is 1. The summed E-state index contributed by atoms with van der Waals surface area (Å²) in [7, 11) is 0. The van der Waals surface area contributed by atoms with Crippen molar-refractivity contribution in [2.24, 2.45) is 4.99 Å². The molecule has 37 heavy (non-hydrogen) atoms. The Hall–Kier alpha value is -4.11. The van der Waals surface area contributed by atoms with E-state index >= 15 is 0 Å². The Morgan fingerprint density at radius 1 is 1.05 bits per heavy atom. The zero-order valence-electron chi connectivity index (χ0n) is 21.2. The van der Waals surface area contributed by atoms with Crippen molar-refractivity contribution >= 4 is 40.1 Å². The summed E-state index contributed by atoms with van der Waals surface area (Å²) in [6, 6.07) is 13.8. The summed E-state index contributed by atoms with van der Waals surface area (Å²) in [6.45, 7) is 8.29. The standard InChI is InChI=1S/C26H26N6O3.C2H6.H2/c33-26(30-32-10-13-35-23-7-2-1-6-22(23)32)21-16-29-24-19(18-14-27-17-28-15-18)4-3-5-20(24)25(21)31-8-11-34-12-9-31;1-2;/h1-7,14,16-17H,8-13,15H2,(H,27,28)(H,30,33);1-2H3;1H. The number of aromatic nitrogens is 1. The molecule has 9 nitrogen and oxygen atoms in total. The van der Waals surface area contributed by atoms with Gasteiger partial charge in [-0.05, 0) is 17.7 Å². The predicted molar refractivity (Wildman–Crippen MR) is 149 cm³/mol. The molecule has 1 fully saturated rings. The summed E-state index contributed by atoms with van der Waals surface area (Å²) in [5.74, 6) is 0.553. The third-order valence-corrected chi connectivity index (χ3v) is 6.44. The number of hydrazine groups is 1. The second-order valence-electron chi connectivity index (χ2n) is 8.54. The number of amides is 1. The van der Waals surface area contributed by atoms with Crippen LogP contribution in [0.25, 0.3) is 16.5 Å². The van der Waals surface area contributed by atoms with Crippen LogP contribution in [-0.4, -0.2) is 63.2 Å². The molecule has 0 aliphatic carbocycles. The first-order chi connectivity index (χ1) is 18.3.